The molecule has 0 aromatic heterocycles. The van der Waals surface area contributed by atoms with Gasteiger partial charge in [-0.3, -0.25) is 13.9 Å². The van der Waals surface area contributed by atoms with Crippen molar-refractivity contribution < 1.29 is 22.4 Å². The minimum atomic E-state index is -4.13. The number of nitrogens with one attached hydrogen (secondary N) is 1. The lowest BCUT2D eigenvalue weighted by molar-refractivity contribution is -0.140. The molecule has 1 N–H and O–H groups in total. The van der Waals surface area contributed by atoms with Gasteiger partial charge < -0.3 is 10.2 Å². The van der Waals surface area contributed by atoms with E-state index in [-0.39, 0.29) is 23.4 Å². The number of benzene rings is 3. The van der Waals surface area contributed by atoms with Crippen molar-refractivity contribution in [3.8, 4) is 0 Å². The lowest BCUT2D eigenvalue weighted by Gasteiger charge is -2.34. The predicted molar refractivity (Wildman–Crippen MR) is 158 cm³/mol. The standard InChI is InChI=1S/C32H38FN3O4S/c1-4-29(32(38)34-27-10-8-9-11-27)35(21-25-15-17-26(33)18-16-25)31(37)22-36(30-19-14-23(2)20-24(30)3)41(39,40)28-12-6-5-7-13-28/h5-7,12-20,27,29H,4,8-11,21-22H2,1-3H3,(H,34,38)/t29-/m0/s1. The highest BCUT2D eigenvalue weighted by molar-refractivity contribution is 7.92. The van der Waals surface area contributed by atoms with Crippen molar-refractivity contribution in [2.75, 3.05) is 10.8 Å². The number of nitrogens with zero attached hydrogens (tertiary/aromatic N) is 2. The van der Waals surface area contributed by atoms with Crippen molar-refractivity contribution >= 4 is 27.5 Å². The average molecular weight is 580 g/mol. The van der Waals surface area contributed by atoms with Gasteiger partial charge in [0.15, 0.2) is 0 Å². The molecule has 0 radical (unpaired) electrons. The van der Waals surface area contributed by atoms with Crippen molar-refractivity contribution in [3.05, 3.63) is 95.3 Å². The van der Waals surface area contributed by atoms with Crippen LogP contribution in [0.15, 0.2) is 77.7 Å². The van der Waals surface area contributed by atoms with E-state index in [1.165, 1.54) is 29.2 Å². The summed E-state index contributed by atoms with van der Waals surface area (Å²) >= 11 is 0. The number of rotatable bonds is 11. The number of hydrogen-bond acceptors (Lipinski definition) is 4. The zero-order valence-corrected chi connectivity index (χ0v) is 24.7. The van der Waals surface area contributed by atoms with Gasteiger partial charge in [-0.1, -0.05) is 67.8 Å². The molecule has 0 saturated heterocycles. The molecule has 1 saturated carbocycles. The molecule has 7 nitrogen and oxygen atoms in total. The third-order valence-corrected chi connectivity index (χ3v) is 9.36. The zero-order valence-electron chi connectivity index (χ0n) is 23.8. The molecule has 1 aliphatic carbocycles. The molecular formula is C32H38FN3O4S. The SMILES string of the molecule is CC[C@@H](C(=O)NC1CCCC1)N(Cc1ccc(F)cc1)C(=O)CN(c1ccc(C)cc1C)S(=O)(=O)c1ccccc1. The second-order valence-electron chi connectivity index (χ2n) is 10.7. The molecule has 3 aromatic rings. The highest BCUT2D eigenvalue weighted by Gasteiger charge is 2.35. The molecule has 0 spiro atoms. The van der Waals surface area contributed by atoms with Crippen molar-refractivity contribution in [1.29, 1.82) is 0 Å². The molecular weight excluding hydrogens is 541 g/mol. The monoisotopic (exact) mass is 579 g/mol. The lowest BCUT2D eigenvalue weighted by atomic mass is 10.1. The molecule has 0 unspecified atom stereocenters. The summed E-state index contributed by atoms with van der Waals surface area (Å²) in [4.78, 5) is 29.1. The molecule has 2 amide bonds. The van der Waals surface area contributed by atoms with Crippen LogP contribution in [0.3, 0.4) is 0 Å². The van der Waals surface area contributed by atoms with E-state index in [1.807, 2.05) is 19.9 Å². The van der Waals surface area contributed by atoms with Crippen LogP contribution in [0.2, 0.25) is 0 Å². The Balaban J connectivity index is 1.72. The first-order valence-corrected chi connectivity index (χ1v) is 15.5. The first-order valence-electron chi connectivity index (χ1n) is 14.1. The van der Waals surface area contributed by atoms with E-state index in [1.54, 1.807) is 49.4 Å². The average Bonchev–Trinajstić information content (AvgIpc) is 3.46. The first-order chi connectivity index (χ1) is 19.6. The first kappa shape index (κ1) is 30.2. The Morgan fingerprint density at radius 2 is 1.63 bits per heavy atom. The van der Waals surface area contributed by atoms with Crippen molar-refractivity contribution in [1.82, 2.24) is 10.2 Å². The van der Waals surface area contributed by atoms with Gasteiger partial charge in [0.25, 0.3) is 10.0 Å². The number of aryl methyl sites for hydroxylation is 2. The molecule has 0 bridgehead atoms. The normalized spacial score (nSPS) is 14.4. The van der Waals surface area contributed by atoms with E-state index in [9.17, 15) is 22.4 Å². The summed E-state index contributed by atoms with van der Waals surface area (Å²) in [7, 11) is -4.13. The largest absolute Gasteiger partial charge is 0.352 e. The Morgan fingerprint density at radius 3 is 2.24 bits per heavy atom. The van der Waals surface area contributed by atoms with Crippen LogP contribution in [0.4, 0.5) is 10.1 Å². The fourth-order valence-corrected chi connectivity index (χ4v) is 6.89. The second-order valence-corrected chi connectivity index (χ2v) is 12.5. The fraction of sp³-hybridized carbons (Fsp3) is 0.375. The molecule has 0 heterocycles. The lowest BCUT2D eigenvalue weighted by Crippen LogP contribution is -2.53. The van der Waals surface area contributed by atoms with Gasteiger partial charge in [-0.25, -0.2) is 12.8 Å². The molecule has 218 valence electrons. The van der Waals surface area contributed by atoms with Crippen LogP contribution in [-0.2, 0) is 26.2 Å². The van der Waals surface area contributed by atoms with Crippen molar-refractivity contribution in [2.45, 2.75) is 76.4 Å². The molecule has 3 aromatic carbocycles. The maximum absolute atomic E-state index is 14.2. The number of hydrogen-bond donors (Lipinski definition) is 1. The molecule has 9 heteroatoms. The summed E-state index contributed by atoms with van der Waals surface area (Å²) < 4.78 is 42.7. The van der Waals surface area contributed by atoms with E-state index in [0.29, 0.717) is 23.2 Å². The smallest absolute Gasteiger partial charge is 0.264 e. The van der Waals surface area contributed by atoms with Crippen LogP contribution in [0.25, 0.3) is 0 Å². The summed E-state index contributed by atoms with van der Waals surface area (Å²) in [6.07, 6.45) is 4.21. The molecule has 41 heavy (non-hydrogen) atoms. The number of carbonyl (C=O) groups is 2. The van der Waals surface area contributed by atoms with Crippen LogP contribution in [0.1, 0.15) is 55.7 Å². The minimum absolute atomic E-state index is 0.0296. The van der Waals surface area contributed by atoms with Crippen LogP contribution >= 0.6 is 0 Å². The van der Waals surface area contributed by atoms with E-state index < -0.39 is 34.3 Å². The second kappa shape index (κ2) is 13.3. The van der Waals surface area contributed by atoms with E-state index >= 15 is 0 Å². The van der Waals surface area contributed by atoms with Crippen molar-refractivity contribution in [3.63, 3.8) is 0 Å². The predicted octanol–water partition coefficient (Wildman–Crippen LogP) is 5.50. The zero-order chi connectivity index (χ0) is 29.6. The van der Waals surface area contributed by atoms with Gasteiger partial charge in [-0.05, 0) is 74.6 Å². The molecule has 1 fully saturated rings. The van der Waals surface area contributed by atoms with Crippen molar-refractivity contribution in [2.24, 2.45) is 0 Å². The van der Waals surface area contributed by atoms with Gasteiger partial charge in [0, 0.05) is 12.6 Å². The summed E-state index contributed by atoms with van der Waals surface area (Å²) in [5, 5.41) is 3.09. The quantitative estimate of drug-likeness (QED) is 0.325. The fourth-order valence-electron chi connectivity index (χ4n) is 5.39. The Bertz CT molecular complexity index is 1460. The van der Waals surface area contributed by atoms with Crippen LogP contribution < -0.4 is 9.62 Å². The maximum Gasteiger partial charge on any atom is 0.264 e. The van der Waals surface area contributed by atoms with E-state index in [0.717, 1.165) is 35.6 Å². The Hall–Kier alpha value is -3.72. The van der Waals surface area contributed by atoms with Crippen LogP contribution in [0, 0.1) is 19.7 Å². The molecule has 0 aliphatic heterocycles. The van der Waals surface area contributed by atoms with E-state index in [2.05, 4.69) is 5.32 Å². The molecule has 1 aliphatic rings. The Kier molecular flexibility index (Phi) is 9.81. The number of sulfonamides is 1. The van der Waals surface area contributed by atoms with Gasteiger partial charge in [-0.2, -0.15) is 0 Å². The topological polar surface area (TPSA) is 86.8 Å². The summed E-state index contributed by atoms with van der Waals surface area (Å²) in [6.45, 7) is 5.07. The van der Waals surface area contributed by atoms with Crippen LogP contribution in [0.5, 0.6) is 0 Å². The van der Waals surface area contributed by atoms with Crippen LogP contribution in [-0.4, -0.2) is 43.8 Å². The maximum atomic E-state index is 14.2. The third kappa shape index (κ3) is 7.33. The van der Waals surface area contributed by atoms with E-state index in [4.69, 9.17) is 0 Å². The number of amides is 2. The van der Waals surface area contributed by atoms with Gasteiger partial charge in [0.05, 0.1) is 10.6 Å². The number of anilines is 1. The highest BCUT2D eigenvalue weighted by atomic mass is 32.2. The Labute approximate surface area is 242 Å². The third-order valence-electron chi connectivity index (χ3n) is 7.58. The molecule has 1 atom stereocenters. The Morgan fingerprint density at radius 1 is 0.976 bits per heavy atom. The number of halogens is 1. The van der Waals surface area contributed by atoms with Gasteiger partial charge in [-0.15, -0.1) is 0 Å². The van der Waals surface area contributed by atoms with Gasteiger partial charge in [0.1, 0.15) is 18.4 Å². The highest BCUT2D eigenvalue weighted by Crippen LogP contribution is 2.28. The number of carbonyl (C=O) groups excluding carboxylic acids is 2. The van der Waals surface area contributed by atoms with Gasteiger partial charge in [0.2, 0.25) is 11.8 Å². The summed E-state index contributed by atoms with van der Waals surface area (Å²) in [5.41, 5.74) is 2.68. The summed E-state index contributed by atoms with van der Waals surface area (Å²) in [5.74, 6) is -1.20. The minimum Gasteiger partial charge on any atom is -0.352 e. The summed E-state index contributed by atoms with van der Waals surface area (Å²) in [6, 6.07) is 18.3. The molecule has 4 rings (SSSR count). The van der Waals surface area contributed by atoms with Gasteiger partial charge >= 0.3 is 0 Å².